The molecule has 2 heteroatoms. The maximum Gasteiger partial charge on any atom is 0.0908 e. The molecule has 0 aromatic heterocycles. The first-order valence-electron chi connectivity index (χ1n) is 4.19. The van der Waals surface area contributed by atoms with Gasteiger partial charge in [-0.15, -0.1) is 0 Å². The summed E-state index contributed by atoms with van der Waals surface area (Å²) < 4.78 is 0. The van der Waals surface area contributed by atoms with E-state index in [-0.39, 0.29) is 0 Å². The van der Waals surface area contributed by atoms with Crippen molar-refractivity contribution in [2.75, 3.05) is 13.1 Å². The van der Waals surface area contributed by atoms with E-state index in [2.05, 4.69) is 5.32 Å². The molecule has 1 N–H and O–H groups in total. The second kappa shape index (κ2) is 4.92. The van der Waals surface area contributed by atoms with Crippen LogP contribution in [0.5, 0.6) is 0 Å². The lowest BCUT2D eigenvalue weighted by Crippen LogP contribution is -2.27. The molecule has 1 saturated heterocycles. The first-order chi connectivity index (χ1) is 5.43. The van der Waals surface area contributed by atoms with Crippen molar-refractivity contribution in [2.24, 2.45) is 5.92 Å². The zero-order valence-corrected chi connectivity index (χ0v) is 6.71. The quantitative estimate of drug-likeness (QED) is 0.605. The van der Waals surface area contributed by atoms with Crippen LogP contribution >= 0.6 is 0 Å². The molecule has 0 atom stereocenters. The van der Waals surface area contributed by atoms with Gasteiger partial charge in [-0.25, -0.2) is 0 Å². The normalized spacial score (nSPS) is 20.3. The second-order valence-corrected chi connectivity index (χ2v) is 2.96. The van der Waals surface area contributed by atoms with Crippen molar-refractivity contribution in [2.45, 2.75) is 19.3 Å². The number of hydrogen-bond acceptors (Lipinski definition) is 2. The number of hydrogen-bond donors (Lipinski definition) is 1. The van der Waals surface area contributed by atoms with Gasteiger partial charge in [-0.3, -0.25) is 0 Å². The highest BCUT2D eigenvalue weighted by atomic mass is 14.9. The van der Waals surface area contributed by atoms with E-state index in [1.54, 1.807) is 6.08 Å². The average molecular weight is 150 g/mol. The van der Waals surface area contributed by atoms with Gasteiger partial charge in [0.25, 0.3) is 0 Å². The lowest BCUT2D eigenvalue weighted by molar-refractivity contribution is 0.377. The Morgan fingerprint density at radius 1 is 1.45 bits per heavy atom. The number of nitrogens with zero attached hydrogens (tertiary/aromatic N) is 1. The van der Waals surface area contributed by atoms with Gasteiger partial charge in [0, 0.05) is 6.08 Å². The van der Waals surface area contributed by atoms with Crippen LogP contribution in [0.3, 0.4) is 0 Å². The zero-order valence-electron chi connectivity index (χ0n) is 6.71. The molecule has 2 nitrogen and oxygen atoms in total. The van der Waals surface area contributed by atoms with E-state index in [0.29, 0.717) is 0 Å². The molecule has 1 fully saturated rings. The molecule has 1 rings (SSSR count). The first kappa shape index (κ1) is 8.29. The van der Waals surface area contributed by atoms with Crippen LogP contribution in [0.15, 0.2) is 12.2 Å². The van der Waals surface area contributed by atoms with E-state index in [4.69, 9.17) is 5.26 Å². The standard InChI is InChI=1S/C9H14N2/c10-6-2-1-3-9-4-7-11-8-5-9/h1-2,9,11H,3-5,7-8H2/b2-1+. The van der Waals surface area contributed by atoms with Crippen LogP contribution in [0.2, 0.25) is 0 Å². The third kappa shape index (κ3) is 3.20. The molecule has 1 aliphatic heterocycles. The molecular formula is C9H14N2. The summed E-state index contributed by atoms with van der Waals surface area (Å²) in [5.74, 6) is 0.806. The number of rotatable bonds is 2. The summed E-state index contributed by atoms with van der Waals surface area (Å²) in [6.45, 7) is 2.29. The van der Waals surface area contributed by atoms with E-state index in [1.165, 1.54) is 12.8 Å². The summed E-state index contributed by atoms with van der Waals surface area (Å²) >= 11 is 0. The number of piperidine rings is 1. The minimum Gasteiger partial charge on any atom is -0.317 e. The van der Waals surface area contributed by atoms with Crippen LogP contribution in [-0.4, -0.2) is 13.1 Å². The van der Waals surface area contributed by atoms with E-state index in [1.807, 2.05) is 12.1 Å². The monoisotopic (exact) mass is 150 g/mol. The van der Waals surface area contributed by atoms with Crippen molar-refractivity contribution >= 4 is 0 Å². The van der Waals surface area contributed by atoms with Gasteiger partial charge in [-0.1, -0.05) is 6.08 Å². The molecule has 0 radical (unpaired) electrons. The van der Waals surface area contributed by atoms with Crippen LogP contribution in [0.4, 0.5) is 0 Å². The summed E-state index contributed by atoms with van der Waals surface area (Å²) in [7, 11) is 0. The average Bonchev–Trinajstić information content (AvgIpc) is 2.07. The van der Waals surface area contributed by atoms with Gasteiger partial charge in [-0.05, 0) is 38.3 Å². The predicted molar refractivity (Wildman–Crippen MR) is 45.0 cm³/mol. The second-order valence-electron chi connectivity index (χ2n) is 2.96. The highest BCUT2D eigenvalue weighted by molar-refractivity contribution is 5.02. The third-order valence-electron chi connectivity index (χ3n) is 2.12. The fourth-order valence-electron chi connectivity index (χ4n) is 1.43. The maximum atomic E-state index is 8.25. The minimum atomic E-state index is 0.806. The molecule has 0 amide bonds. The van der Waals surface area contributed by atoms with Crippen molar-refractivity contribution in [1.82, 2.24) is 5.32 Å². The molecule has 0 saturated carbocycles. The van der Waals surface area contributed by atoms with E-state index in [0.717, 1.165) is 25.4 Å². The summed E-state index contributed by atoms with van der Waals surface area (Å²) in [6.07, 6.45) is 7.17. The summed E-state index contributed by atoms with van der Waals surface area (Å²) in [5, 5.41) is 11.6. The van der Waals surface area contributed by atoms with Crippen LogP contribution in [0, 0.1) is 17.2 Å². The van der Waals surface area contributed by atoms with Crippen molar-refractivity contribution in [3.63, 3.8) is 0 Å². The number of nitriles is 1. The van der Waals surface area contributed by atoms with Crippen molar-refractivity contribution in [3.05, 3.63) is 12.2 Å². The van der Waals surface area contributed by atoms with Gasteiger partial charge in [0.2, 0.25) is 0 Å². The van der Waals surface area contributed by atoms with Crippen LogP contribution in [0.25, 0.3) is 0 Å². The molecule has 0 spiro atoms. The Morgan fingerprint density at radius 2 is 2.18 bits per heavy atom. The smallest absolute Gasteiger partial charge is 0.0908 e. The zero-order chi connectivity index (χ0) is 7.94. The first-order valence-corrected chi connectivity index (χ1v) is 4.19. The molecule has 11 heavy (non-hydrogen) atoms. The SMILES string of the molecule is N#C/C=C/CC1CCNCC1. The van der Waals surface area contributed by atoms with Gasteiger partial charge in [0.05, 0.1) is 6.07 Å². The Hall–Kier alpha value is -0.810. The van der Waals surface area contributed by atoms with Crippen molar-refractivity contribution < 1.29 is 0 Å². The van der Waals surface area contributed by atoms with Gasteiger partial charge in [0.1, 0.15) is 0 Å². The fourth-order valence-corrected chi connectivity index (χ4v) is 1.43. The molecule has 0 unspecified atom stereocenters. The van der Waals surface area contributed by atoms with Gasteiger partial charge in [0.15, 0.2) is 0 Å². The van der Waals surface area contributed by atoms with Crippen molar-refractivity contribution in [1.29, 1.82) is 5.26 Å². The Kier molecular flexibility index (Phi) is 3.71. The molecular weight excluding hydrogens is 136 g/mol. The molecule has 0 aromatic rings. The van der Waals surface area contributed by atoms with E-state index >= 15 is 0 Å². The number of nitrogens with one attached hydrogen (secondary N) is 1. The highest BCUT2D eigenvalue weighted by Gasteiger charge is 2.10. The lowest BCUT2D eigenvalue weighted by atomic mass is 9.95. The molecule has 0 aliphatic carbocycles. The summed E-state index contributed by atoms with van der Waals surface area (Å²) in [4.78, 5) is 0. The van der Waals surface area contributed by atoms with Gasteiger partial charge in [-0.2, -0.15) is 5.26 Å². The Labute approximate surface area is 67.9 Å². The molecule has 60 valence electrons. The molecule has 0 bridgehead atoms. The van der Waals surface area contributed by atoms with E-state index in [9.17, 15) is 0 Å². The van der Waals surface area contributed by atoms with Crippen molar-refractivity contribution in [3.8, 4) is 6.07 Å². The lowest BCUT2D eigenvalue weighted by Gasteiger charge is -2.20. The van der Waals surface area contributed by atoms with Crippen LogP contribution in [-0.2, 0) is 0 Å². The topological polar surface area (TPSA) is 35.8 Å². The Morgan fingerprint density at radius 3 is 2.82 bits per heavy atom. The van der Waals surface area contributed by atoms with E-state index < -0.39 is 0 Å². The van der Waals surface area contributed by atoms with Gasteiger partial charge < -0.3 is 5.32 Å². The third-order valence-corrected chi connectivity index (χ3v) is 2.12. The molecule has 1 heterocycles. The number of allylic oxidation sites excluding steroid dienone is 2. The summed E-state index contributed by atoms with van der Waals surface area (Å²) in [6, 6.07) is 2.01. The molecule has 1 aliphatic rings. The maximum absolute atomic E-state index is 8.25. The minimum absolute atomic E-state index is 0.806. The Balaban J connectivity index is 2.15. The van der Waals surface area contributed by atoms with Crippen LogP contribution in [0.1, 0.15) is 19.3 Å². The predicted octanol–water partition coefficient (Wildman–Crippen LogP) is 1.46. The van der Waals surface area contributed by atoms with Crippen LogP contribution < -0.4 is 5.32 Å². The molecule has 0 aromatic carbocycles. The highest BCUT2D eigenvalue weighted by Crippen LogP contribution is 2.15. The fraction of sp³-hybridized carbons (Fsp3) is 0.667. The van der Waals surface area contributed by atoms with Gasteiger partial charge >= 0.3 is 0 Å². The Bertz CT molecular complexity index is 161. The largest absolute Gasteiger partial charge is 0.317 e. The summed E-state index contributed by atoms with van der Waals surface area (Å²) in [5.41, 5.74) is 0.